The molecule has 27 heavy (non-hydrogen) atoms. The van der Waals surface area contributed by atoms with E-state index in [1.54, 1.807) is 33.1 Å². The number of carbonyl (C=O) groups is 3. The zero-order valence-electron chi connectivity index (χ0n) is 16.3. The quantitative estimate of drug-likeness (QED) is 0.618. The Hall–Kier alpha value is -2.00. The number of hydrogen-bond donors (Lipinski definition) is 3. The van der Waals surface area contributed by atoms with E-state index in [4.69, 9.17) is 4.74 Å². The summed E-state index contributed by atoms with van der Waals surface area (Å²) in [5.74, 6) is -1.81. The summed E-state index contributed by atoms with van der Waals surface area (Å²) in [6, 6.07) is 0. The molecular formula is C18H27N3O5S. The Morgan fingerprint density at radius 1 is 1.41 bits per heavy atom. The summed E-state index contributed by atoms with van der Waals surface area (Å²) in [4.78, 5) is 40.3. The number of nitrogens with one attached hydrogen (secondary N) is 2. The van der Waals surface area contributed by atoms with E-state index in [1.165, 1.54) is 11.3 Å². The maximum atomic E-state index is 12.5. The minimum absolute atomic E-state index is 0.0571. The van der Waals surface area contributed by atoms with Crippen molar-refractivity contribution < 1.29 is 24.2 Å². The highest BCUT2D eigenvalue weighted by molar-refractivity contribution is 7.13. The van der Waals surface area contributed by atoms with Gasteiger partial charge in [0.05, 0.1) is 18.2 Å². The van der Waals surface area contributed by atoms with Crippen molar-refractivity contribution in [3.8, 4) is 0 Å². The number of nitrogens with zero attached hydrogens (tertiary/aromatic N) is 1. The molecule has 2 unspecified atom stereocenters. The van der Waals surface area contributed by atoms with Crippen LogP contribution in [0.2, 0.25) is 0 Å². The van der Waals surface area contributed by atoms with E-state index in [1.807, 2.05) is 6.92 Å². The lowest BCUT2D eigenvalue weighted by molar-refractivity contribution is -0.194. The average molecular weight is 397 g/mol. The highest BCUT2D eigenvalue weighted by atomic mass is 32.1. The molecule has 8 nitrogen and oxygen atoms in total. The Labute approximate surface area is 162 Å². The van der Waals surface area contributed by atoms with E-state index < -0.39 is 22.8 Å². The van der Waals surface area contributed by atoms with E-state index in [-0.39, 0.29) is 30.8 Å². The first-order valence-electron chi connectivity index (χ1n) is 8.94. The lowest BCUT2D eigenvalue weighted by atomic mass is 9.54. The van der Waals surface area contributed by atoms with Crippen molar-refractivity contribution in [2.45, 2.75) is 59.1 Å². The van der Waals surface area contributed by atoms with Crippen LogP contribution in [-0.4, -0.2) is 46.1 Å². The predicted octanol–water partition coefficient (Wildman–Crippen LogP) is 2.05. The molecule has 2 atom stereocenters. The Morgan fingerprint density at radius 2 is 2.07 bits per heavy atom. The van der Waals surface area contributed by atoms with Crippen molar-refractivity contribution in [2.75, 3.05) is 11.9 Å². The maximum Gasteiger partial charge on any atom is 0.330 e. The van der Waals surface area contributed by atoms with Gasteiger partial charge in [-0.05, 0) is 6.92 Å². The number of anilines is 1. The van der Waals surface area contributed by atoms with Crippen molar-refractivity contribution in [2.24, 2.45) is 11.3 Å². The topological polar surface area (TPSA) is 118 Å². The van der Waals surface area contributed by atoms with E-state index in [0.29, 0.717) is 17.4 Å². The molecular weight excluding hydrogens is 370 g/mol. The van der Waals surface area contributed by atoms with Crippen LogP contribution in [-0.2, 0) is 25.5 Å². The number of hydrogen-bond acceptors (Lipinski definition) is 6. The molecule has 0 saturated heterocycles. The molecule has 0 bridgehead atoms. The largest absolute Gasteiger partial charge is 0.479 e. The molecule has 0 radical (unpaired) electrons. The molecule has 1 aliphatic carbocycles. The summed E-state index contributed by atoms with van der Waals surface area (Å²) in [5, 5.41) is 17.2. The first-order valence-corrected chi connectivity index (χ1v) is 9.82. The molecule has 150 valence electrons. The van der Waals surface area contributed by atoms with Crippen LogP contribution in [0.3, 0.4) is 0 Å². The van der Waals surface area contributed by atoms with E-state index in [2.05, 4.69) is 15.6 Å². The lowest BCUT2D eigenvalue weighted by Crippen LogP contribution is -2.76. The first kappa shape index (κ1) is 21.3. The predicted molar refractivity (Wildman–Crippen MR) is 102 cm³/mol. The fraction of sp³-hybridized carbons (Fsp3) is 0.667. The summed E-state index contributed by atoms with van der Waals surface area (Å²) in [7, 11) is 0. The van der Waals surface area contributed by atoms with Crippen LogP contribution in [0.15, 0.2) is 5.38 Å². The van der Waals surface area contributed by atoms with Gasteiger partial charge in [0.15, 0.2) is 5.13 Å². The van der Waals surface area contributed by atoms with Gasteiger partial charge in [-0.2, -0.15) is 0 Å². The molecule has 1 heterocycles. The first-order chi connectivity index (χ1) is 12.5. The van der Waals surface area contributed by atoms with E-state index in [9.17, 15) is 19.5 Å². The average Bonchev–Trinajstić information content (AvgIpc) is 2.99. The maximum absolute atomic E-state index is 12.5. The normalized spacial score (nSPS) is 23.6. The third kappa shape index (κ3) is 4.14. The van der Waals surface area contributed by atoms with Crippen LogP contribution in [0.4, 0.5) is 5.13 Å². The van der Waals surface area contributed by atoms with Crippen molar-refractivity contribution >= 4 is 34.3 Å². The fourth-order valence-electron chi connectivity index (χ4n) is 3.18. The molecule has 0 aromatic carbocycles. The van der Waals surface area contributed by atoms with Crippen LogP contribution in [0.1, 0.15) is 46.7 Å². The molecule has 1 fully saturated rings. The number of aliphatic carboxylic acids is 1. The number of aromatic nitrogens is 1. The van der Waals surface area contributed by atoms with Gasteiger partial charge in [-0.25, -0.2) is 9.78 Å². The third-order valence-corrected chi connectivity index (χ3v) is 5.94. The van der Waals surface area contributed by atoms with Gasteiger partial charge in [0.25, 0.3) is 0 Å². The summed E-state index contributed by atoms with van der Waals surface area (Å²) < 4.78 is 5.59. The van der Waals surface area contributed by atoms with Crippen molar-refractivity contribution in [1.29, 1.82) is 0 Å². The molecule has 2 rings (SSSR count). The Morgan fingerprint density at radius 3 is 2.59 bits per heavy atom. The Bertz CT molecular complexity index is 730. The van der Waals surface area contributed by atoms with Crippen LogP contribution in [0.25, 0.3) is 0 Å². The molecule has 1 aromatic heterocycles. The van der Waals surface area contributed by atoms with Crippen molar-refractivity contribution in [3.05, 3.63) is 11.1 Å². The van der Waals surface area contributed by atoms with Gasteiger partial charge in [0.2, 0.25) is 11.8 Å². The van der Waals surface area contributed by atoms with Crippen molar-refractivity contribution in [3.63, 3.8) is 0 Å². The Balaban J connectivity index is 2.03. The Kier molecular flexibility index (Phi) is 6.26. The van der Waals surface area contributed by atoms with E-state index in [0.717, 1.165) is 0 Å². The number of carbonyl (C=O) groups excluding carboxylic acids is 2. The van der Waals surface area contributed by atoms with Gasteiger partial charge in [-0.1, -0.05) is 27.7 Å². The van der Waals surface area contributed by atoms with Crippen LogP contribution < -0.4 is 10.6 Å². The highest BCUT2D eigenvalue weighted by Gasteiger charge is 2.66. The highest BCUT2D eigenvalue weighted by Crippen LogP contribution is 2.51. The summed E-state index contributed by atoms with van der Waals surface area (Å²) in [6.07, 6.45) is -0.0591. The van der Waals surface area contributed by atoms with Gasteiger partial charge < -0.3 is 20.5 Å². The van der Waals surface area contributed by atoms with Crippen molar-refractivity contribution in [1.82, 2.24) is 10.3 Å². The fourth-order valence-corrected chi connectivity index (χ4v) is 3.89. The molecule has 1 aliphatic rings. The number of carboxylic acid groups (broad SMARTS) is 1. The molecule has 0 spiro atoms. The standard InChI is InChI=1S/C18H27N3O5S/c1-6-26-12-8-18(15(24)25,17(12,4)5)21-13(22)7-11-9-27-16(19-11)20-14(23)10(2)3/h9-10,12H,6-8H2,1-5H3,(H,21,22)(H,24,25)(H,19,20,23). The molecule has 1 aromatic rings. The van der Waals surface area contributed by atoms with Gasteiger partial charge in [0, 0.05) is 29.7 Å². The van der Waals surface area contributed by atoms with Gasteiger partial charge in [0.1, 0.15) is 5.54 Å². The second kappa shape index (κ2) is 7.93. The van der Waals surface area contributed by atoms with Gasteiger partial charge in [-0.3, -0.25) is 9.59 Å². The van der Waals surface area contributed by atoms with Gasteiger partial charge in [-0.15, -0.1) is 11.3 Å². The lowest BCUT2D eigenvalue weighted by Gasteiger charge is -2.58. The minimum Gasteiger partial charge on any atom is -0.479 e. The minimum atomic E-state index is -1.37. The number of rotatable bonds is 8. The zero-order chi connectivity index (χ0) is 20.4. The smallest absolute Gasteiger partial charge is 0.330 e. The van der Waals surface area contributed by atoms with Crippen LogP contribution >= 0.6 is 11.3 Å². The molecule has 0 aliphatic heterocycles. The summed E-state index contributed by atoms with van der Waals surface area (Å²) in [5.41, 5.74) is -1.62. The third-order valence-electron chi connectivity index (χ3n) is 5.13. The molecule has 1 saturated carbocycles. The SMILES string of the molecule is CCOC1CC(NC(=O)Cc2csc(NC(=O)C(C)C)n2)(C(=O)O)C1(C)C. The number of amides is 2. The molecule has 2 amide bonds. The summed E-state index contributed by atoms with van der Waals surface area (Å²) in [6.45, 7) is 9.47. The second-order valence-electron chi connectivity index (χ2n) is 7.59. The van der Waals surface area contributed by atoms with Crippen LogP contribution in [0.5, 0.6) is 0 Å². The number of thiazole rings is 1. The molecule has 9 heteroatoms. The number of ether oxygens (including phenoxy) is 1. The van der Waals surface area contributed by atoms with Crippen LogP contribution in [0, 0.1) is 11.3 Å². The number of carboxylic acids is 1. The second-order valence-corrected chi connectivity index (χ2v) is 8.45. The van der Waals surface area contributed by atoms with E-state index >= 15 is 0 Å². The van der Waals surface area contributed by atoms with Gasteiger partial charge >= 0.3 is 5.97 Å². The monoisotopic (exact) mass is 397 g/mol. The molecule has 3 N–H and O–H groups in total. The summed E-state index contributed by atoms with van der Waals surface area (Å²) >= 11 is 1.23. The zero-order valence-corrected chi connectivity index (χ0v) is 17.1.